The molecular weight excluding hydrogens is 266 g/mol. The van der Waals surface area contributed by atoms with Crippen LogP contribution in [0.15, 0.2) is 0 Å². The van der Waals surface area contributed by atoms with Crippen LogP contribution in [0.3, 0.4) is 0 Å². The predicted octanol–water partition coefficient (Wildman–Crippen LogP) is 2.10. The van der Waals surface area contributed by atoms with E-state index in [2.05, 4.69) is 12.2 Å². The Bertz CT molecular complexity index is 335. The van der Waals surface area contributed by atoms with E-state index < -0.39 is 0 Å². The summed E-state index contributed by atoms with van der Waals surface area (Å²) in [7, 11) is 0. The zero-order chi connectivity index (χ0) is 14.8. The average Bonchev–Trinajstić information content (AvgIpc) is 3.13. The number of rotatable bonds is 7. The van der Waals surface area contributed by atoms with Crippen molar-refractivity contribution in [2.75, 3.05) is 33.0 Å². The summed E-state index contributed by atoms with van der Waals surface area (Å²) in [5.41, 5.74) is 0.557. The Balaban J connectivity index is 1.57. The first kappa shape index (κ1) is 15.7. The summed E-state index contributed by atoms with van der Waals surface area (Å²) in [5, 5.41) is 13.2. The van der Waals surface area contributed by atoms with Crippen molar-refractivity contribution in [3.05, 3.63) is 0 Å². The minimum Gasteiger partial charge on any atom is -0.396 e. The molecule has 0 radical (unpaired) electrons. The highest BCUT2D eigenvalue weighted by atomic mass is 16.5. The lowest BCUT2D eigenvalue weighted by molar-refractivity contribution is -0.132. The summed E-state index contributed by atoms with van der Waals surface area (Å²) in [6, 6.07) is 0.604. The molecule has 2 N–H and O–H groups in total. The van der Waals surface area contributed by atoms with Crippen molar-refractivity contribution in [2.45, 2.75) is 64.0 Å². The Morgan fingerprint density at radius 3 is 2.71 bits per heavy atom. The van der Waals surface area contributed by atoms with Crippen molar-refractivity contribution in [1.29, 1.82) is 0 Å². The van der Waals surface area contributed by atoms with Crippen LogP contribution in [0, 0.1) is 10.8 Å². The maximum atomic E-state index is 9.34. The maximum absolute atomic E-state index is 9.34. The highest BCUT2D eigenvalue weighted by Crippen LogP contribution is 2.55. The molecule has 1 aliphatic heterocycles. The van der Waals surface area contributed by atoms with E-state index in [9.17, 15) is 5.11 Å². The molecule has 0 aromatic heterocycles. The van der Waals surface area contributed by atoms with Gasteiger partial charge in [-0.2, -0.15) is 0 Å². The molecule has 3 atom stereocenters. The van der Waals surface area contributed by atoms with Gasteiger partial charge in [0.25, 0.3) is 0 Å². The molecule has 0 aromatic carbocycles. The van der Waals surface area contributed by atoms with Crippen LogP contribution in [-0.2, 0) is 9.47 Å². The van der Waals surface area contributed by atoms with Crippen molar-refractivity contribution in [3.8, 4) is 0 Å². The Morgan fingerprint density at radius 1 is 1.29 bits per heavy atom. The number of aliphatic hydroxyl groups is 1. The van der Waals surface area contributed by atoms with Gasteiger partial charge in [-0.25, -0.2) is 0 Å². The van der Waals surface area contributed by atoms with E-state index >= 15 is 0 Å². The van der Waals surface area contributed by atoms with Gasteiger partial charge in [-0.15, -0.1) is 0 Å². The second-order valence-electron chi connectivity index (χ2n) is 7.33. The molecule has 1 saturated heterocycles. The topological polar surface area (TPSA) is 50.7 Å². The summed E-state index contributed by atoms with van der Waals surface area (Å²) in [6.07, 6.45) is 8.90. The molecule has 3 fully saturated rings. The number of hydrogen-bond acceptors (Lipinski definition) is 4. The van der Waals surface area contributed by atoms with Gasteiger partial charge in [0, 0.05) is 43.2 Å². The first-order chi connectivity index (χ1) is 10.2. The largest absolute Gasteiger partial charge is 0.396 e. The molecule has 2 saturated carbocycles. The van der Waals surface area contributed by atoms with Gasteiger partial charge in [0.1, 0.15) is 0 Å². The first-order valence-corrected chi connectivity index (χ1v) is 8.78. The molecule has 3 unspecified atom stereocenters. The van der Waals surface area contributed by atoms with E-state index in [-0.39, 0.29) is 12.0 Å². The zero-order valence-corrected chi connectivity index (χ0v) is 13.4. The van der Waals surface area contributed by atoms with Crippen LogP contribution in [-0.4, -0.2) is 50.2 Å². The van der Waals surface area contributed by atoms with Gasteiger partial charge < -0.3 is 19.9 Å². The normalized spacial score (nSPS) is 38.0. The summed E-state index contributed by atoms with van der Waals surface area (Å²) in [5.74, 6) is 0. The third-order valence-corrected chi connectivity index (χ3v) is 6.24. The number of ether oxygens (including phenoxy) is 2. The summed E-state index contributed by atoms with van der Waals surface area (Å²) < 4.78 is 11.6. The zero-order valence-electron chi connectivity index (χ0n) is 13.4. The SMILES string of the molecule is CCOC1CC(NCC2(CCO)CCOC2)C12CCCC2. The molecule has 3 aliphatic rings. The summed E-state index contributed by atoms with van der Waals surface area (Å²) in [4.78, 5) is 0. The quantitative estimate of drug-likeness (QED) is 0.755. The minimum absolute atomic E-state index is 0.158. The van der Waals surface area contributed by atoms with Gasteiger partial charge in [-0.1, -0.05) is 12.8 Å². The second-order valence-corrected chi connectivity index (χ2v) is 7.33. The predicted molar refractivity (Wildman–Crippen MR) is 82.3 cm³/mol. The maximum Gasteiger partial charge on any atom is 0.0661 e. The molecule has 0 bridgehead atoms. The molecular formula is C17H31NO3. The molecule has 2 aliphatic carbocycles. The summed E-state index contributed by atoms with van der Waals surface area (Å²) in [6.45, 7) is 5.84. The van der Waals surface area contributed by atoms with Crippen molar-refractivity contribution in [3.63, 3.8) is 0 Å². The van der Waals surface area contributed by atoms with Crippen LogP contribution in [0.5, 0.6) is 0 Å². The van der Waals surface area contributed by atoms with E-state index in [4.69, 9.17) is 9.47 Å². The van der Waals surface area contributed by atoms with Crippen LogP contribution in [0.4, 0.5) is 0 Å². The minimum atomic E-state index is 0.158. The van der Waals surface area contributed by atoms with Crippen LogP contribution in [0.1, 0.15) is 51.9 Å². The van der Waals surface area contributed by atoms with Crippen LogP contribution in [0.25, 0.3) is 0 Å². The Morgan fingerprint density at radius 2 is 2.10 bits per heavy atom. The highest BCUT2D eigenvalue weighted by molar-refractivity contribution is 5.10. The lowest BCUT2D eigenvalue weighted by atomic mass is 9.60. The van der Waals surface area contributed by atoms with Crippen LogP contribution >= 0.6 is 0 Å². The second kappa shape index (κ2) is 6.53. The van der Waals surface area contributed by atoms with E-state index in [0.717, 1.165) is 45.6 Å². The number of nitrogens with one attached hydrogen (secondary N) is 1. The lowest BCUT2D eigenvalue weighted by Gasteiger charge is -2.55. The van der Waals surface area contributed by atoms with Gasteiger partial charge in [0.15, 0.2) is 0 Å². The molecule has 4 heteroatoms. The Hall–Kier alpha value is -0.160. The Labute approximate surface area is 128 Å². The van der Waals surface area contributed by atoms with E-state index in [1.165, 1.54) is 25.7 Å². The molecule has 3 rings (SSSR count). The van der Waals surface area contributed by atoms with Crippen LogP contribution < -0.4 is 5.32 Å². The van der Waals surface area contributed by atoms with Crippen molar-refractivity contribution in [1.82, 2.24) is 5.32 Å². The third-order valence-electron chi connectivity index (χ3n) is 6.24. The monoisotopic (exact) mass is 297 g/mol. The van der Waals surface area contributed by atoms with E-state index in [1.54, 1.807) is 0 Å². The highest BCUT2D eigenvalue weighted by Gasteiger charge is 2.56. The standard InChI is InChI=1S/C17H31NO3/c1-2-21-15-11-14(17(15)5-3-4-6-17)18-12-16(7-9-19)8-10-20-13-16/h14-15,18-19H,2-13H2,1H3. The van der Waals surface area contributed by atoms with Gasteiger partial charge in [-0.05, 0) is 39.0 Å². The average molecular weight is 297 g/mol. The van der Waals surface area contributed by atoms with Crippen LogP contribution in [0.2, 0.25) is 0 Å². The van der Waals surface area contributed by atoms with Crippen molar-refractivity contribution in [2.24, 2.45) is 10.8 Å². The van der Waals surface area contributed by atoms with Gasteiger partial charge in [-0.3, -0.25) is 0 Å². The molecule has 1 spiro atoms. The first-order valence-electron chi connectivity index (χ1n) is 8.78. The number of aliphatic hydroxyl groups excluding tert-OH is 1. The molecule has 21 heavy (non-hydrogen) atoms. The number of hydrogen-bond donors (Lipinski definition) is 2. The smallest absolute Gasteiger partial charge is 0.0661 e. The fourth-order valence-electron chi connectivity index (χ4n) is 4.82. The van der Waals surface area contributed by atoms with Crippen molar-refractivity contribution < 1.29 is 14.6 Å². The van der Waals surface area contributed by atoms with Gasteiger partial charge >= 0.3 is 0 Å². The van der Waals surface area contributed by atoms with Gasteiger partial charge in [0.05, 0.1) is 12.7 Å². The van der Waals surface area contributed by atoms with E-state index in [0.29, 0.717) is 17.6 Å². The molecule has 0 amide bonds. The van der Waals surface area contributed by atoms with Gasteiger partial charge in [0.2, 0.25) is 0 Å². The van der Waals surface area contributed by atoms with E-state index in [1.807, 2.05) is 0 Å². The fourth-order valence-corrected chi connectivity index (χ4v) is 4.82. The molecule has 1 heterocycles. The third kappa shape index (κ3) is 2.88. The summed E-state index contributed by atoms with van der Waals surface area (Å²) >= 11 is 0. The fraction of sp³-hybridized carbons (Fsp3) is 1.00. The molecule has 122 valence electrons. The Kier molecular flexibility index (Phi) is 4.89. The lowest BCUT2D eigenvalue weighted by Crippen LogP contribution is -2.63. The molecule has 4 nitrogen and oxygen atoms in total. The molecule has 0 aromatic rings. The van der Waals surface area contributed by atoms with Crippen molar-refractivity contribution >= 4 is 0 Å².